The van der Waals surface area contributed by atoms with Crippen molar-refractivity contribution in [2.24, 2.45) is 13.0 Å². The second-order valence-electron chi connectivity index (χ2n) is 6.75. The first-order chi connectivity index (χ1) is 13.5. The molecular formula is C20H18ClFN4O2. The zero-order chi connectivity index (χ0) is 19.8. The predicted octanol–water partition coefficient (Wildman–Crippen LogP) is 4.45. The molecule has 1 fully saturated rings. The molecule has 28 heavy (non-hydrogen) atoms. The summed E-state index contributed by atoms with van der Waals surface area (Å²) in [5.74, 6) is -0.237. The number of pyridine rings is 1. The summed E-state index contributed by atoms with van der Waals surface area (Å²) in [6.45, 7) is 1.78. The molecule has 8 heteroatoms. The number of hydrogen-bond donors (Lipinski definition) is 1. The lowest BCUT2D eigenvalue weighted by Gasteiger charge is -2.10. The van der Waals surface area contributed by atoms with Crippen molar-refractivity contribution in [2.45, 2.75) is 19.3 Å². The lowest BCUT2D eigenvalue weighted by atomic mass is 10.1. The molecule has 1 saturated carbocycles. The quantitative estimate of drug-likeness (QED) is 0.687. The molecule has 1 amide bonds. The maximum Gasteiger partial charge on any atom is 0.241 e. The summed E-state index contributed by atoms with van der Waals surface area (Å²) >= 11 is 6.13. The molecule has 3 aromatic rings. The van der Waals surface area contributed by atoms with Crippen molar-refractivity contribution in [2.75, 3.05) is 5.32 Å². The summed E-state index contributed by atoms with van der Waals surface area (Å²) in [4.78, 5) is 16.8. The maximum atomic E-state index is 14.1. The SMILES string of the molecule is Cc1nn(C)c(Oc2cccnc2)c1NC(=O)[C@@H]1C[C@H]1c1c(F)cccc1Cl. The van der Waals surface area contributed by atoms with E-state index in [1.807, 2.05) is 0 Å². The van der Waals surface area contributed by atoms with E-state index in [1.165, 1.54) is 6.07 Å². The molecular weight excluding hydrogens is 383 g/mol. The Hall–Kier alpha value is -2.93. The van der Waals surface area contributed by atoms with E-state index in [0.717, 1.165) is 0 Å². The third-order valence-electron chi connectivity index (χ3n) is 4.76. The minimum Gasteiger partial charge on any atom is -0.436 e. The number of hydrogen-bond acceptors (Lipinski definition) is 4. The Labute approximate surface area is 166 Å². The normalized spacial score (nSPS) is 18.0. The molecule has 1 aliphatic rings. The number of amides is 1. The van der Waals surface area contributed by atoms with Crippen molar-refractivity contribution in [1.29, 1.82) is 0 Å². The van der Waals surface area contributed by atoms with Crippen LogP contribution in [0.3, 0.4) is 0 Å². The molecule has 6 nitrogen and oxygen atoms in total. The van der Waals surface area contributed by atoms with Crippen molar-refractivity contribution in [3.63, 3.8) is 0 Å². The molecule has 1 N–H and O–H groups in total. The minimum atomic E-state index is -0.383. The molecule has 1 aliphatic carbocycles. The molecule has 1 aromatic carbocycles. The second kappa shape index (κ2) is 7.24. The Morgan fingerprint density at radius 1 is 1.36 bits per heavy atom. The van der Waals surface area contributed by atoms with Crippen LogP contribution in [0.1, 0.15) is 23.6 Å². The van der Waals surface area contributed by atoms with Gasteiger partial charge in [0.25, 0.3) is 0 Å². The van der Waals surface area contributed by atoms with E-state index < -0.39 is 0 Å². The van der Waals surface area contributed by atoms with Gasteiger partial charge in [-0.15, -0.1) is 0 Å². The zero-order valence-electron chi connectivity index (χ0n) is 15.3. The van der Waals surface area contributed by atoms with Crippen LogP contribution in [0.4, 0.5) is 10.1 Å². The number of anilines is 1. The Morgan fingerprint density at radius 3 is 2.89 bits per heavy atom. The fraction of sp³-hybridized carbons (Fsp3) is 0.250. The Kier molecular flexibility index (Phi) is 4.77. The van der Waals surface area contributed by atoms with Gasteiger partial charge in [-0.3, -0.25) is 9.78 Å². The van der Waals surface area contributed by atoms with Gasteiger partial charge in [-0.1, -0.05) is 17.7 Å². The topological polar surface area (TPSA) is 69.0 Å². The van der Waals surface area contributed by atoms with Gasteiger partial charge in [-0.05, 0) is 37.6 Å². The summed E-state index contributed by atoms with van der Waals surface area (Å²) in [6, 6.07) is 8.07. The highest BCUT2D eigenvalue weighted by atomic mass is 35.5. The first-order valence-corrected chi connectivity index (χ1v) is 9.19. The first-order valence-electron chi connectivity index (χ1n) is 8.82. The highest BCUT2D eigenvalue weighted by Gasteiger charge is 2.46. The number of aromatic nitrogens is 3. The van der Waals surface area contributed by atoms with Gasteiger partial charge in [0, 0.05) is 35.7 Å². The second-order valence-corrected chi connectivity index (χ2v) is 7.16. The van der Waals surface area contributed by atoms with Crippen LogP contribution in [-0.2, 0) is 11.8 Å². The highest BCUT2D eigenvalue weighted by Crippen LogP contribution is 2.51. The smallest absolute Gasteiger partial charge is 0.241 e. The number of nitrogens with one attached hydrogen (secondary N) is 1. The van der Waals surface area contributed by atoms with Gasteiger partial charge >= 0.3 is 0 Å². The lowest BCUT2D eigenvalue weighted by Crippen LogP contribution is -2.15. The first kappa shape index (κ1) is 18.4. The van der Waals surface area contributed by atoms with E-state index in [2.05, 4.69) is 15.4 Å². The molecule has 2 heterocycles. The van der Waals surface area contributed by atoms with Crippen LogP contribution in [0.25, 0.3) is 0 Å². The van der Waals surface area contributed by atoms with Crippen LogP contribution in [-0.4, -0.2) is 20.7 Å². The Morgan fingerprint density at radius 2 is 2.18 bits per heavy atom. The van der Waals surface area contributed by atoms with Crippen molar-refractivity contribution < 1.29 is 13.9 Å². The minimum absolute atomic E-state index is 0.212. The summed E-state index contributed by atoms with van der Waals surface area (Å²) in [7, 11) is 1.73. The van der Waals surface area contributed by atoms with E-state index in [9.17, 15) is 9.18 Å². The molecule has 0 radical (unpaired) electrons. The molecule has 2 aromatic heterocycles. The number of halogens is 2. The van der Waals surface area contributed by atoms with Crippen molar-refractivity contribution in [3.8, 4) is 11.6 Å². The van der Waals surface area contributed by atoms with Gasteiger partial charge in [0.2, 0.25) is 11.8 Å². The van der Waals surface area contributed by atoms with E-state index in [1.54, 1.807) is 55.3 Å². The van der Waals surface area contributed by atoms with Gasteiger partial charge in [-0.25, -0.2) is 9.07 Å². The molecule has 0 unspecified atom stereocenters. The number of aryl methyl sites for hydroxylation is 2. The molecule has 0 spiro atoms. The number of carbonyl (C=O) groups excluding carboxylic acids is 1. The number of ether oxygens (including phenoxy) is 1. The third kappa shape index (κ3) is 3.45. The van der Waals surface area contributed by atoms with Crippen LogP contribution in [0, 0.1) is 18.7 Å². The van der Waals surface area contributed by atoms with Crippen LogP contribution in [0.5, 0.6) is 11.6 Å². The molecule has 4 rings (SSSR count). The fourth-order valence-electron chi connectivity index (χ4n) is 3.30. The maximum absolute atomic E-state index is 14.1. The van der Waals surface area contributed by atoms with Gasteiger partial charge in [0.1, 0.15) is 17.3 Å². The van der Waals surface area contributed by atoms with Gasteiger partial charge in [0.15, 0.2) is 0 Å². The van der Waals surface area contributed by atoms with Gasteiger partial charge in [0.05, 0.1) is 11.9 Å². The molecule has 2 atom stereocenters. The van der Waals surface area contributed by atoms with Crippen LogP contribution >= 0.6 is 11.6 Å². The fourth-order valence-corrected chi connectivity index (χ4v) is 3.60. The van der Waals surface area contributed by atoms with Crippen LogP contribution in [0.2, 0.25) is 5.02 Å². The monoisotopic (exact) mass is 400 g/mol. The molecule has 0 saturated heterocycles. The average Bonchev–Trinajstić information content (AvgIpc) is 3.40. The molecule has 0 aliphatic heterocycles. The van der Waals surface area contributed by atoms with Crippen molar-refractivity contribution in [1.82, 2.24) is 14.8 Å². The van der Waals surface area contributed by atoms with Crippen LogP contribution in [0.15, 0.2) is 42.7 Å². The predicted molar refractivity (Wildman–Crippen MR) is 103 cm³/mol. The average molecular weight is 401 g/mol. The van der Waals surface area contributed by atoms with E-state index >= 15 is 0 Å². The number of carbonyl (C=O) groups is 1. The molecule has 144 valence electrons. The lowest BCUT2D eigenvalue weighted by molar-refractivity contribution is -0.117. The summed E-state index contributed by atoms with van der Waals surface area (Å²) in [6.07, 6.45) is 3.76. The summed E-state index contributed by atoms with van der Waals surface area (Å²) < 4.78 is 21.5. The zero-order valence-corrected chi connectivity index (χ0v) is 16.1. The van der Waals surface area contributed by atoms with E-state index in [4.69, 9.17) is 16.3 Å². The Balaban J connectivity index is 1.53. The number of rotatable bonds is 5. The molecule has 0 bridgehead atoms. The third-order valence-corrected chi connectivity index (χ3v) is 5.09. The highest BCUT2D eigenvalue weighted by molar-refractivity contribution is 6.31. The summed E-state index contributed by atoms with van der Waals surface area (Å²) in [5, 5.41) is 7.55. The standard InChI is InChI=1S/C20H18ClFN4O2/c1-11-18(20(26(2)25-11)28-12-5-4-8-23-10-12)24-19(27)14-9-13(14)17-15(21)6-3-7-16(17)22/h3-8,10,13-14H,9H2,1-2H3,(H,24,27)/t13-,14-/m1/s1. The number of benzene rings is 1. The van der Waals surface area contributed by atoms with Crippen molar-refractivity contribution >= 4 is 23.2 Å². The largest absolute Gasteiger partial charge is 0.436 e. The summed E-state index contributed by atoms with van der Waals surface area (Å²) in [5.41, 5.74) is 1.51. The Bertz CT molecular complexity index is 1020. The van der Waals surface area contributed by atoms with Gasteiger partial charge < -0.3 is 10.1 Å². The van der Waals surface area contributed by atoms with Crippen LogP contribution < -0.4 is 10.1 Å². The van der Waals surface area contributed by atoms with E-state index in [0.29, 0.717) is 40.0 Å². The van der Waals surface area contributed by atoms with E-state index in [-0.39, 0.29) is 23.6 Å². The number of nitrogens with zero attached hydrogens (tertiary/aromatic N) is 3. The van der Waals surface area contributed by atoms with Gasteiger partial charge in [-0.2, -0.15) is 5.10 Å². The van der Waals surface area contributed by atoms with Crippen molar-refractivity contribution in [3.05, 3.63) is 64.8 Å².